The van der Waals surface area contributed by atoms with Crippen molar-refractivity contribution < 1.29 is 14.3 Å². The largest absolute Gasteiger partial charge is 0.454 e. The summed E-state index contributed by atoms with van der Waals surface area (Å²) in [5.41, 5.74) is 1.35. The Balaban J connectivity index is 1.80. The lowest BCUT2D eigenvalue weighted by molar-refractivity contribution is -0.112. The second-order valence-corrected chi connectivity index (χ2v) is 5.99. The lowest BCUT2D eigenvalue weighted by Crippen LogP contribution is -2.13. The Bertz CT molecular complexity index is 823. The number of anilines is 1. The van der Waals surface area contributed by atoms with E-state index in [0.717, 1.165) is 3.57 Å². The molecule has 0 spiro atoms. The predicted octanol–water partition coefficient (Wildman–Crippen LogP) is 3.57. The van der Waals surface area contributed by atoms with Gasteiger partial charge in [0.2, 0.25) is 6.79 Å². The summed E-state index contributed by atoms with van der Waals surface area (Å²) in [4.78, 5) is 12.2. The molecular weight excluding hydrogens is 407 g/mol. The van der Waals surface area contributed by atoms with Crippen molar-refractivity contribution in [2.24, 2.45) is 0 Å². The molecule has 5 nitrogen and oxygen atoms in total. The van der Waals surface area contributed by atoms with Crippen molar-refractivity contribution in [3.63, 3.8) is 0 Å². The molecule has 2 aromatic rings. The van der Waals surface area contributed by atoms with Crippen molar-refractivity contribution in [3.05, 3.63) is 57.2 Å². The van der Waals surface area contributed by atoms with Gasteiger partial charge in [0.15, 0.2) is 11.5 Å². The van der Waals surface area contributed by atoms with E-state index in [2.05, 4.69) is 27.9 Å². The van der Waals surface area contributed by atoms with Crippen LogP contribution in [0.4, 0.5) is 5.69 Å². The Morgan fingerprint density at radius 1 is 1.17 bits per heavy atom. The van der Waals surface area contributed by atoms with E-state index in [9.17, 15) is 10.1 Å². The minimum atomic E-state index is -0.452. The predicted molar refractivity (Wildman–Crippen MR) is 93.9 cm³/mol. The molecule has 1 aliphatic rings. The van der Waals surface area contributed by atoms with Crippen LogP contribution in [0, 0.1) is 14.9 Å². The lowest BCUT2D eigenvalue weighted by atomic mass is 10.1. The van der Waals surface area contributed by atoms with Crippen LogP contribution >= 0.6 is 22.6 Å². The first-order valence-corrected chi connectivity index (χ1v) is 7.82. The van der Waals surface area contributed by atoms with E-state index in [1.807, 2.05) is 18.2 Å². The van der Waals surface area contributed by atoms with Gasteiger partial charge in [0.25, 0.3) is 5.91 Å². The van der Waals surface area contributed by atoms with Gasteiger partial charge in [-0.15, -0.1) is 0 Å². The summed E-state index contributed by atoms with van der Waals surface area (Å²) >= 11 is 2.18. The quantitative estimate of drug-likeness (QED) is 0.470. The Labute approximate surface area is 146 Å². The normalized spacial score (nSPS) is 12.6. The summed E-state index contributed by atoms with van der Waals surface area (Å²) in [6, 6.07) is 14.5. The molecule has 0 radical (unpaired) electrons. The van der Waals surface area contributed by atoms with E-state index in [1.54, 1.807) is 30.3 Å². The highest BCUT2D eigenvalue weighted by atomic mass is 127. The first-order valence-electron chi connectivity index (χ1n) is 6.74. The van der Waals surface area contributed by atoms with E-state index in [-0.39, 0.29) is 12.4 Å². The van der Waals surface area contributed by atoms with Crippen molar-refractivity contribution in [1.29, 1.82) is 5.26 Å². The number of rotatable bonds is 3. The van der Waals surface area contributed by atoms with Crippen molar-refractivity contribution in [1.82, 2.24) is 0 Å². The highest BCUT2D eigenvalue weighted by Crippen LogP contribution is 2.33. The molecule has 114 valence electrons. The third-order valence-electron chi connectivity index (χ3n) is 3.17. The highest BCUT2D eigenvalue weighted by molar-refractivity contribution is 14.1. The van der Waals surface area contributed by atoms with Gasteiger partial charge in [0, 0.05) is 9.26 Å². The summed E-state index contributed by atoms with van der Waals surface area (Å²) in [6.45, 7) is 0.181. The van der Waals surface area contributed by atoms with Crippen LogP contribution < -0.4 is 14.8 Å². The zero-order valence-corrected chi connectivity index (χ0v) is 14.0. The van der Waals surface area contributed by atoms with E-state index in [0.29, 0.717) is 22.7 Å². The molecular formula is C17H11IN2O3. The molecule has 1 N–H and O–H groups in total. The fraction of sp³-hybridized carbons (Fsp3) is 0.0588. The van der Waals surface area contributed by atoms with Gasteiger partial charge in [0.1, 0.15) is 11.6 Å². The van der Waals surface area contributed by atoms with Crippen LogP contribution in [0.3, 0.4) is 0 Å². The molecule has 23 heavy (non-hydrogen) atoms. The number of carbonyl (C=O) groups excluding carboxylic acids is 1. The number of hydrogen-bond acceptors (Lipinski definition) is 4. The Kier molecular flexibility index (Phi) is 4.48. The van der Waals surface area contributed by atoms with Crippen LogP contribution in [0.15, 0.2) is 48.0 Å². The number of nitriles is 1. The number of nitrogens with one attached hydrogen (secondary N) is 1. The number of carbonyl (C=O) groups is 1. The average Bonchev–Trinajstić information content (AvgIpc) is 3.02. The zero-order valence-electron chi connectivity index (χ0n) is 11.9. The molecule has 0 aliphatic carbocycles. The molecule has 0 saturated heterocycles. The van der Waals surface area contributed by atoms with Gasteiger partial charge in [-0.2, -0.15) is 5.26 Å². The first-order chi connectivity index (χ1) is 11.2. The number of halogens is 1. The van der Waals surface area contributed by atoms with Crippen molar-refractivity contribution in [2.45, 2.75) is 0 Å². The summed E-state index contributed by atoms with van der Waals surface area (Å²) in [7, 11) is 0. The number of nitrogens with zero attached hydrogens (tertiary/aromatic N) is 1. The van der Waals surface area contributed by atoms with E-state index < -0.39 is 5.91 Å². The first kappa shape index (κ1) is 15.4. The number of hydrogen-bond donors (Lipinski definition) is 1. The summed E-state index contributed by atoms with van der Waals surface area (Å²) in [5, 5.41) is 11.9. The van der Waals surface area contributed by atoms with Crippen LogP contribution in [-0.2, 0) is 4.79 Å². The van der Waals surface area contributed by atoms with E-state index in [1.165, 1.54) is 6.08 Å². The monoisotopic (exact) mass is 418 g/mol. The fourth-order valence-electron chi connectivity index (χ4n) is 2.05. The third-order valence-corrected chi connectivity index (χ3v) is 3.89. The summed E-state index contributed by atoms with van der Waals surface area (Å²) in [6.07, 6.45) is 1.52. The SMILES string of the molecule is N#CC(=Cc1ccc2c(c1)OCO2)C(=O)Nc1ccc(I)cc1. The molecule has 0 aromatic heterocycles. The minimum absolute atomic E-state index is 0.0161. The lowest BCUT2D eigenvalue weighted by Gasteiger charge is -2.04. The number of amides is 1. The van der Waals surface area contributed by atoms with Crippen molar-refractivity contribution >= 4 is 40.3 Å². The van der Waals surface area contributed by atoms with Gasteiger partial charge >= 0.3 is 0 Å². The maximum atomic E-state index is 12.2. The Morgan fingerprint density at radius 2 is 1.91 bits per heavy atom. The number of benzene rings is 2. The second-order valence-electron chi connectivity index (χ2n) is 4.74. The van der Waals surface area contributed by atoms with Gasteiger partial charge < -0.3 is 14.8 Å². The average molecular weight is 418 g/mol. The maximum absolute atomic E-state index is 12.2. The summed E-state index contributed by atoms with van der Waals surface area (Å²) < 4.78 is 11.6. The smallest absolute Gasteiger partial charge is 0.266 e. The van der Waals surface area contributed by atoms with Gasteiger partial charge in [-0.05, 0) is 70.6 Å². The van der Waals surface area contributed by atoms with E-state index >= 15 is 0 Å². The second kappa shape index (κ2) is 6.71. The van der Waals surface area contributed by atoms with Gasteiger partial charge in [0.05, 0.1) is 0 Å². The number of fused-ring (bicyclic) bond motifs is 1. The third kappa shape index (κ3) is 3.63. The van der Waals surface area contributed by atoms with Gasteiger partial charge in [-0.25, -0.2) is 0 Å². The molecule has 3 rings (SSSR count). The van der Waals surface area contributed by atoms with Gasteiger partial charge in [-0.3, -0.25) is 4.79 Å². The maximum Gasteiger partial charge on any atom is 0.266 e. The summed E-state index contributed by atoms with van der Waals surface area (Å²) in [5.74, 6) is 0.810. The Hall–Kier alpha value is -2.53. The van der Waals surface area contributed by atoms with Crippen LogP contribution in [0.2, 0.25) is 0 Å². The number of ether oxygens (including phenoxy) is 2. The molecule has 2 aromatic carbocycles. The molecule has 1 amide bonds. The molecule has 0 atom stereocenters. The zero-order chi connectivity index (χ0) is 16.2. The molecule has 0 fully saturated rings. The van der Waals surface area contributed by atoms with Crippen LogP contribution in [0.1, 0.15) is 5.56 Å². The van der Waals surface area contributed by atoms with Crippen LogP contribution in [-0.4, -0.2) is 12.7 Å². The Morgan fingerprint density at radius 3 is 2.65 bits per heavy atom. The van der Waals surface area contributed by atoms with Crippen molar-refractivity contribution in [2.75, 3.05) is 12.1 Å². The fourth-order valence-corrected chi connectivity index (χ4v) is 2.41. The van der Waals surface area contributed by atoms with E-state index in [4.69, 9.17) is 9.47 Å². The standard InChI is InChI=1S/C17H11IN2O3/c18-13-2-4-14(5-3-13)20-17(21)12(9-19)7-11-1-6-15-16(8-11)23-10-22-15/h1-8H,10H2,(H,20,21). The van der Waals surface area contributed by atoms with Crippen LogP contribution in [0.25, 0.3) is 6.08 Å². The molecule has 0 unspecified atom stereocenters. The highest BCUT2D eigenvalue weighted by Gasteiger charge is 2.14. The molecule has 0 bridgehead atoms. The molecule has 0 saturated carbocycles. The van der Waals surface area contributed by atoms with Gasteiger partial charge in [-0.1, -0.05) is 6.07 Å². The topological polar surface area (TPSA) is 71.3 Å². The van der Waals surface area contributed by atoms with Crippen LogP contribution in [0.5, 0.6) is 11.5 Å². The van der Waals surface area contributed by atoms with Crippen molar-refractivity contribution in [3.8, 4) is 17.6 Å². The molecule has 1 aliphatic heterocycles. The molecule has 6 heteroatoms. The molecule has 1 heterocycles. The minimum Gasteiger partial charge on any atom is -0.454 e.